The van der Waals surface area contributed by atoms with E-state index in [0.29, 0.717) is 11.3 Å². The summed E-state index contributed by atoms with van der Waals surface area (Å²) in [6.07, 6.45) is 0.568. The normalized spacial score (nSPS) is 13.5. The molecular weight excluding hydrogens is 302 g/mol. The molecule has 0 bridgehead atoms. The van der Waals surface area contributed by atoms with Gasteiger partial charge in [-0.25, -0.2) is 0 Å². The van der Waals surface area contributed by atoms with E-state index in [0.717, 1.165) is 4.47 Å². The predicted octanol–water partition coefficient (Wildman–Crippen LogP) is 3.04. The molecule has 17 heavy (non-hydrogen) atoms. The summed E-state index contributed by atoms with van der Waals surface area (Å²) in [6, 6.07) is 1.83. The van der Waals surface area contributed by atoms with Crippen LogP contribution >= 0.6 is 27.3 Å². The Bertz CT molecular complexity index is 384. The van der Waals surface area contributed by atoms with Gasteiger partial charge in [-0.1, -0.05) is 20.8 Å². The summed E-state index contributed by atoms with van der Waals surface area (Å²) in [5.41, 5.74) is -0.0673. The van der Waals surface area contributed by atoms with Crippen LogP contribution in [0, 0.1) is 5.41 Å². The van der Waals surface area contributed by atoms with Gasteiger partial charge >= 0.3 is 0 Å². The molecule has 5 heteroatoms. The van der Waals surface area contributed by atoms with Crippen molar-refractivity contribution in [1.29, 1.82) is 0 Å². The van der Waals surface area contributed by atoms with Crippen molar-refractivity contribution in [2.24, 2.45) is 5.41 Å². The molecule has 0 radical (unpaired) electrons. The van der Waals surface area contributed by atoms with Gasteiger partial charge in [0.15, 0.2) is 0 Å². The molecule has 2 N–H and O–H groups in total. The van der Waals surface area contributed by atoms with Crippen molar-refractivity contribution >= 4 is 33.2 Å². The van der Waals surface area contributed by atoms with Crippen molar-refractivity contribution in [3.05, 3.63) is 20.8 Å². The lowest BCUT2D eigenvalue weighted by Gasteiger charge is -2.31. The van der Waals surface area contributed by atoms with Crippen LogP contribution in [0.2, 0.25) is 0 Å². The average Bonchev–Trinajstić information content (AvgIpc) is 2.62. The molecule has 1 rings (SSSR count). The summed E-state index contributed by atoms with van der Waals surface area (Å²) in [7, 11) is 0. The van der Waals surface area contributed by atoms with E-state index in [1.165, 1.54) is 11.3 Å². The van der Waals surface area contributed by atoms with Crippen molar-refractivity contribution < 1.29 is 9.90 Å². The van der Waals surface area contributed by atoms with Gasteiger partial charge in [0.2, 0.25) is 0 Å². The summed E-state index contributed by atoms with van der Waals surface area (Å²) < 4.78 is 0.816. The zero-order chi connectivity index (χ0) is 13.1. The van der Waals surface area contributed by atoms with E-state index >= 15 is 0 Å². The molecule has 0 aliphatic carbocycles. The van der Waals surface area contributed by atoms with E-state index in [1.54, 1.807) is 0 Å². The Hall–Kier alpha value is -0.390. The molecule has 1 aromatic heterocycles. The van der Waals surface area contributed by atoms with Crippen LogP contribution in [0.15, 0.2) is 15.9 Å². The molecule has 0 aliphatic heterocycles. The largest absolute Gasteiger partial charge is 0.396 e. The molecule has 0 fully saturated rings. The lowest BCUT2D eigenvalue weighted by atomic mass is 9.85. The highest BCUT2D eigenvalue weighted by Gasteiger charge is 2.26. The minimum absolute atomic E-state index is 0.0333. The minimum Gasteiger partial charge on any atom is -0.396 e. The third kappa shape index (κ3) is 4.08. The van der Waals surface area contributed by atoms with E-state index in [2.05, 4.69) is 42.0 Å². The third-order valence-corrected chi connectivity index (χ3v) is 4.43. The second-order valence-electron chi connectivity index (χ2n) is 5.00. The highest BCUT2D eigenvalue weighted by atomic mass is 79.9. The van der Waals surface area contributed by atoms with Crippen molar-refractivity contribution in [2.45, 2.75) is 33.2 Å². The Morgan fingerprint density at radius 2 is 2.24 bits per heavy atom. The molecule has 1 aromatic rings. The molecule has 0 saturated carbocycles. The standard InChI is InChI=1S/C12H18BrNO2S/c1-12(2,3)9(4-6-15)14-11(16)10-8(13)5-7-17-10/h5,7,9,15H,4,6H2,1-3H3,(H,14,16). The van der Waals surface area contributed by atoms with Crippen LogP contribution in [0.3, 0.4) is 0 Å². The van der Waals surface area contributed by atoms with Gasteiger partial charge in [-0.15, -0.1) is 11.3 Å². The minimum atomic E-state index is -0.0831. The van der Waals surface area contributed by atoms with Gasteiger partial charge in [-0.2, -0.15) is 0 Å². The maximum Gasteiger partial charge on any atom is 0.262 e. The molecule has 0 saturated heterocycles. The quantitative estimate of drug-likeness (QED) is 0.896. The molecule has 3 nitrogen and oxygen atoms in total. The second kappa shape index (κ2) is 5.98. The zero-order valence-electron chi connectivity index (χ0n) is 10.3. The lowest BCUT2D eigenvalue weighted by Crippen LogP contribution is -2.44. The molecular formula is C12H18BrNO2S. The monoisotopic (exact) mass is 319 g/mol. The number of aliphatic hydroxyl groups excluding tert-OH is 1. The molecule has 1 atom stereocenters. The summed E-state index contributed by atoms with van der Waals surface area (Å²) in [5, 5.41) is 13.9. The molecule has 0 spiro atoms. The SMILES string of the molecule is CC(C)(C)C(CCO)NC(=O)c1sccc1Br. The highest BCUT2D eigenvalue weighted by molar-refractivity contribution is 9.10. The molecule has 1 heterocycles. The number of rotatable bonds is 4. The fourth-order valence-electron chi connectivity index (χ4n) is 1.53. The number of hydrogen-bond donors (Lipinski definition) is 2. The van der Waals surface area contributed by atoms with Gasteiger partial charge in [-0.3, -0.25) is 4.79 Å². The van der Waals surface area contributed by atoms with E-state index in [-0.39, 0.29) is 24.0 Å². The Morgan fingerprint density at radius 1 is 1.59 bits per heavy atom. The van der Waals surface area contributed by atoms with Crippen molar-refractivity contribution in [1.82, 2.24) is 5.32 Å². The number of amides is 1. The zero-order valence-corrected chi connectivity index (χ0v) is 12.7. The first-order valence-electron chi connectivity index (χ1n) is 5.51. The number of nitrogens with one attached hydrogen (secondary N) is 1. The lowest BCUT2D eigenvalue weighted by molar-refractivity contribution is 0.0888. The van der Waals surface area contributed by atoms with Crippen LogP contribution in [0.4, 0.5) is 0 Å². The van der Waals surface area contributed by atoms with Gasteiger partial charge in [0, 0.05) is 17.1 Å². The average molecular weight is 320 g/mol. The Morgan fingerprint density at radius 3 is 2.65 bits per heavy atom. The Labute approximate surface area is 114 Å². The Balaban J connectivity index is 2.75. The topological polar surface area (TPSA) is 49.3 Å². The van der Waals surface area contributed by atoms with Crippen molar-refractivity contribution in [3.8, 4) is 0 Å². The van der Waals surface area contributed by atoms with Crippen LogP contribution in [-0.4, -0.2) is 23.7 Å². The predicted molar refractivity (Wildman–Crippen MR) is 74.4 cm³/mol. The van der Waals surface area contributed by atoms with E-state index < -0.39 is 0 Å². The first kappa shape index (κ1) is 14.7. The smallest absolute Gasteiger partial charge is 0.262 e. The summed E-state index contributed by atoms with van der Waals surface area (Å²) >= 11 is 4.75. The van der Waals surface area contributed by atoms with Gasteiger partial charge in [0.1, 0.15) is 4.88 Å². The maximum atomic E-state index is 12.0. The summed E-state index contributed by atoms with van der Waals surface area (Å²) in [5.74, 6) is -0.0831. The van der Waals surface area contributed by atoms with Crippen LogP contribution in [0.5, 0.6) is 0 Å². The van der Waals surface area contributed by atoms with E-state index in [9.17, 15) is 4.79 Å². The number of thiophene rings is 1. The molecule has 1 unspecified atom stereocenters. The molecule has 96 valence electrons. The summed E-state index contributed by atoms with van der Waals surface area (Å²) in [6.45, 7) is 6.24. The van der Waals surface area contributed by atoms with Gasteiger partial charge in [0.05, 0.1) is 0 Å². The fourth-order valence-corrected chi connectivity index (χ4v) is 2.98. The Kier molecular flexibility index (Phi) is 5.16. The number of hydrogen-bond acceptors (Lipinski definition) is 3. The van der Waals surface area contributed by atoms with Gasteiger partial charge < -0.3 is 10.4 Å². The number of carbonyl (C=O) groups excluding carboxylic acids is 1. The van der Waals surface area contributed by atoms with Gasteiger partial charge in [-0.05, 0) is 39.2 Å². The van der Waals surface area contributed by atoms with Crippen molar-refractivity contribution in [3.63, 3.8) is 0 Å². The summed E-state index contributed by atoms with van der Waals surface area (Å²) in [4.78, 5) is 12.7. The molecule has 0 aliphatic rings. The third-order valence-electron chi connectivity index (χ3n) is 2.59. The first-order valence-corrected chi connectivity index (χ1v) is 7.18. The van der Waals surface area contributed by atoms with Crippen LogP contribution in [0.1, 0.15) is 36.9 Å². The first-order chi connectivity index (χ1) is 7.86. The van der Waals surface area contributed by atoms with Crippen LogP contribution in [0.25, 0.3) is 0 Å². The van der Waals surface area contributed by atoms with E-state index in [1.807, 2.05) is 11.4 Å². The molecule has 1 amide bonds. The second-order valence-corrected chi connectivity index (χ2v) is 6.77. The highest BCUT2D eigenvalue weighted by Crippen LogP contribution is 2.25. The number of aliphatic hydroxyl groups is 1. The number of halogens is 1. The van der Waals surface area contributed by atoms with Crippen molar-refractivity contribution in [2.75, 3.05) is 6.61 Å². The fraction of sp³-hybridized carbons (Fsp3) is 0.583. The number of carbonyl (C=O) groups is 1. The van der Waals surface area contributed by atoms with E-state index in [4.69, 9.17) is 5.11 Å². The van der Waals surface area contributed by atoms with Crippen LogP contribution in [-0.2, 0) is 0 Å². The maximum absolute atomic E-state index is 12.0. The van der Waals surface area contributed by atoms with Gasteiger partial charge in [0.25, 0.3) is 5.91 Å². The molecule has 0 aromatic carbocycles. The van der Waals surface area contributed by atoms with Crippen LogP contribution < -0.4 is 5.32 Å².